The molecule has 0 radical (unpaired) electrons. The number of carboxylic acid groups (broad SMARTS) is 1. The van der Waals surface area contributed by atoms with Gasteiger partial charge in [-0.3, -0.25) is 4.79 Å². The summed E-state index contributed by atoms with van der Waals surface area (Å²) >= 11 is 0. The number of hydrogen-bond acceptors (Lipinski definition) is 4. The predicted molar refractivity (Wildman–Crippen MR) is 66.3 cm³/mol. The Morgan fingerprint density at radius 1 is 1.24 bits per heavy atom. The number of ether oxygens (including phenoxy) is 2. The van der Waals surface area contributed by atoms with Crippen LogP contribution in [0.1, 0.15) is 33.1 Å². The molecule has 5 heteroatoms. The van der Waals surface area contributed by atoms with Gasteiger partial charge in [-0.2, -0.15) is 0 Å². The molecule has 0 fully saturated rings. The minimum absolute atomic E-state index is 0.605. The van der Waals surface area contributed by atoms with E-state index in [0.29, 0.717) is 32.8 Å². The minimum Gasteiger partial charge on any atom is -0.480 e. The van der Waals surface area contributed by atoms with Crippen LogP contribution in [-0.4, -0.2) is 50.1 Å². The van der Waals surface area contributed by atoms with Crippen LogP contribution in [0, 0.1) is 0 Å². The van der Waals surface area contributed by atoms with E-state index in [-0.39, 0.29) is 0 Å². The molecule has 0 aromatic rings. The van der Waals surface area contributed by atoms with Gasteiger partial charge < -0.3 is 19.9 Å². The first-order chi connectivity index (χ1) is 8.06. The summed E-state index contributed by atoms with van der Waals surface area (Å²) in [6.07, 6.45) is 2.31. The van der Waals surface area contributed by atoms with Crippen LogP contribution in [-0.2, 0) is 14.3 Å². The first-order valence-electron chi connectivity index (χ1n) is 6.14. The molecular weight excluding hydrogens is 222 g/mol. The third kappa shape index (κ3) is 7.31. The molecule has 1 unspecified atom stereocenters. The van der Waals surface area contributed by atoms with E-state index in [0.717, 1.165) is 12.8 Å². The largest absolute Gasteiger partial charge is 0.480 e. The smallest absolute Gasteiger partial charge is 0.323 e. The van der Waals surface area contributed by atoms with Crippen molar-refractivity contribution in [3.8, 4) is 0 Å². The molecule has 0 bridgehead atoms. The second-order valence-electron chi connectivity index (χ2n) is 4.15. The highest BCUT2D eigenvalue weighted by Crippen LogP contribution is 2.13. The van der Waals surface area contributed by atoms with Crippen molar-refractivity contribution in [1.82, 2.24) is 5.32 Å². The van der Waals surface area contributed by atoms with Crippen molar-refractivity contribution in [3.63, 3.8) is 0 Å². The molecule has 102 valence electrons. The van der Waals surface area contributed by atoms with Crippen LogP contribution in [0.15, 0.2) is 0 Å². The maximum Gasteiger partial charge on any atom is 0.323 e. The topological polar surface area (TPSA) is 67.8 Å². The molecule has 0 saturated carbocycles. The highest BCUT2D eigenvalue weighted by Gasteiger charge is 2.29. The number of nitrogens with one attached hydrogen (secondary N) is 1. The lowest BCUT2D eigenvalue weighted by Crippen LogP contribution is -2.47. The van der Waals surface area contributed by atoms with Gasteiger partial charge in [0, 0.05) is 13.2 Å². The Bertz CT molecular complexity index is 211. The normalized spacial score (nSPS) is 14.5. The molecule has 0 saturated heterocycles. The fourth-order valence-corrected chi connectivity index (χ4v) is 1.39. The molecule has 0 aromatic carbocycles. The van der Waals surface area contributed by atoms with Crippen molar-refractivity contribution < 1.29 is 19.4 Å². The van der Waals surface area contributed by atoms with Crippen LogP contribution >= 0.6 is 0 Å². The summed E-state index contributed by atoms with van der Waals surface area (Å²) in [6.45, 7) is 6.25. The molecule has 0 aliphatic heterocycles. The van der Waals surface area contributed by atoms with E-state index < -0.39 is 11.5 Å². The Balaban J connectivity index is 3.47. The van der Waals surface area contributed by atoms with Gasteiger partial charge in [0.1, 0.15) is 5.54 Å². The van der Waals surface area contributed by atoms with Crippen LogP contribution in [0.5, 0.6) is 0 Å². The zero-order chi connectivity index (χ0) is 13.1. The SMILES string of the molecule is CCOCCOCCCCC(C)(NC)C(=O)O. The zero-order valence-corrected chi connectivity index (χ0v) is 11.1. The molecule has 0 aliphatic rings. The zero-order valence-electron chi connectivity index (χ0n) is 11.1. The number of carboxylic acids is 1. The van der Waals surface area contributed by atoms with E-state index in [1.807, 2.05) is 6.92 Å². The Morgan fingerprint density at radius 2 is 1.88 bits per heavy atom. The van der Waals surface area contributed by atoms with E-state index in [4.69, 9.17) is 14.6 Å². The van der Waals surface area contributed by atoms with Gasteiger partial charge in [-0.25, -0.2) is 0 Å². The Kier molecular flexibility index (Phi) is 9.03. The van der Waals surface area contributed by atoms with E-state index in [9.17, 15) is 4.79 Å². The van der Waals surface area contributed by atoms with Gasteiger partial charge in [0.05, 0.1) is 13.2 Å². The number of carbonyl (C=O) groups is 1. The fraction of sp³-hybridized carbons (Fsp3) is 0.917. The molecule has 0 heterocycles. The second-order valence-corrected chi connectivity index (χ2v) is 4.15. The van der Waals surface area contributed by atoms with E-state index in [1.54, 1.807) is 14.0 Å². The fourth-order valence-electron chi connectivity index (χ4n) is 1.39. The van der Waals surface area contributed by atoms with Crippen LogP contribution in [0.3, 0.4) is 0 Å². The lowest BCUT2D eigenvalue weighted by molar-refractivity contribution is -0.144. The molecule has 0 rings (SSSR count). The Hall–Kier alpha value is -0.650. The molecule has 0 aliphatic carbocycles. The van der Waals surface area contributed by atoms with Gasteiger partial charge in [-0.05, 0) is 40.2 Å². The summed E-state index contributed by atoms with van der Waals surface area (Å²) in [5.41, 5.74) is -0.828. The van der Waals surface area contributed by atoms with Crippen molar-refractivity contribution in [2.45, 2.75) is 38.6 Å². The number of rotatable bonds is 11. The van der Waals surface area contributed by atoms with E-state index in [2.05, 4.69) is 5.32 Å². The quantitative estimate of drug-likeness (QED) is 0.538. The van der Waals surface area contributed by atoms with Gasteiger partial charge in [-0.15, -0.1) is 0 Å². The Morgan fingerprint density at radius 3 is 2.41 bits per heavy atom. The Labute approximate surface area is 103 Å². The summed E-state index contributed by atoms with van der Waals surface area (Å²) in [4.78, 5) is 11.0. The number of aliphatic carboxylic acids is 1. The molecule has 1 atom stereocenters. The highest BCUT2D eigenvalue weighted by atomic mass is 16.5. The van der Waals surface area contributed by atoms with Gasteiger partial charge >= 0.3 is 5.97 Å². The number of likely N-dealkylation sites (N-methyl/N-ethyl adjacent to an activating group) is 1. The first kappa shape index (κ1) is 16.4. The van der Waals surface area contributed by atoms with Crippen LogP contribution in [0.4, 0.5) is 0 Å². The van der Waals surface area contributed by atoms with Crippen molar-refractivity contribution in [2.24, 2.45) is 0 Å². The van der Waals surface area contributed by atoms with E-state index >= 15 is 0 Å². The summed E-state index contributed by atoms with van der Waals surface area (Å²) in [6, 6.07) is 0. The molecule has 17 heavy (non-hydrogen) atoms. The average molecular weight is 247 g/mol. The van der Waals surface area contributed by atoms with Gasteiger partial charge in [0.2, 0.25) is 0 Å². The van der Waals surface area contributed by atoms with Crippen molar-refractivity contribution in [1.29, 1.82) is 0 Å². The van der Waals surface area contributed by atoms with Crippen molar-refractivity contribution in [3.05, 3.63) is 0 Å². The van der Waals surface area contributed by atoms with Gasteiger partial charge in [-0.1, -0.05) is 0 Å². The first-order valence-corrected chi connectivity index (χ1v) is 6.14. The van der Waals surface area contributed by atoms with Crippen molar-refractivity contribution in [2.75, 3.05) is 33.5 Å². The van der Waals surface area contributed by atoms with Crippen LogP contribution < -0.4 is 5.32 Å². The monoisotopic (exact) mass is 247 g/mol. The van der Waals surface area contributed by atoms with Crippen molar-refractivity contribution >= 4 is 5.97 Å². The number of hydrogen-bond donors (Lipinski definition) is 2. The summed E-state index contributed by atoms with van der Waals surface area (Å²) in [7, 11) is 1.67. The minimum atomic E-state index is -0.828. The molecule has 5 nitrogen and oxygen atoms in total. The summed E-state index contributed by atoms with van der Waals surface area (Å²) < 4.78 is 10.5. The maximum atomic E-state index is 11.0. The third-order valence-electron chi connectivity index (χ3n) is 2.82. The van der Waals surface area contributed by atoms with Crippen LogP contribution in [0.2, 0.25) is 0 Å². The van der Waals surface area contributed by atoms with E-state index in [1.165, 1.54) is 0 Å². The summed E-state index contributed by atoms with van der Waals surface area (Å²) in [5.74, 6) is -0.808. The molecule has 0 aromatic heterocycles. The maximum absolute atomic E-state index is 11.0. The molecule has 0 spiro atoms. The second kappa shape index (κ2) is 9.39. The standard InChI is InChI=1S/C12H25NO4/c1-4-16-9-10-17-8-6-5-7-12(2,13-3)11(14)15/h13H,4-10H2,1-3H3,(H,14,15). The van der Waals surface area contributed by atoms with Gasteiger partial charge in [0.25, 0.3) is 0 Å². The lowest BCUT2D eigenvalue weighted by atomic mass is 9.95. The third-order valence-corrected chi connectivity index (χ3v) is 2.82. The van der Waals surface area contributed by atoms with Gasteiger partial charge in [0.15, 0.2) is 0 Å². The molecule has 2 N–H and O–H groups in total. The van der Waals surface area contributed by atoms with Crippen LogP contribution in [0.25, 0.3) is 0 Å². The highest BCUT2D eigenvalue weighted by molar-refractivity contribution is 5.78. The lowest BCUT2D eigenvalue weighted by Gasteiger charge is -2.23. The molecule has 0 amide bonds. The number of unbranched alkanes of at least 4 members (excludes halogenated alkanes) is 1. The molecular formula is C12H25NO4. The predicted octanol–water partition coefficient (Wildman–Crippen LogP) is 1.27. The summed E-state index contributed by atoms with van der Waals surface area (Å²) in [5, 5.41) is 11.9. The average Bonchev–Trinajstić information content (AvgIpc) is 2.32.